The van der Waals surface area contributed by atoms with Crippen LogP contribution in [0.2, 0.25) is 0 Å². The molecule has 118 valence electrons. The van der Waals surface area contributed by atoms with E-state index >= 15 is 0 Å². The van der Waals surface area contributed by atoms with Gasteiger partial charge in [0.1, 0.15) is 36.3 Å². The summed E-state index contributed by atoms with van der Waals surface area (Å²) in [7, 11) is 0. The Morgan fingerprint density at radius 3 is 3.04 bits per heavy atom. The minimum Gasteiger partial charge on any atom is -0.308 e. The first-order valence-corrected chi connectivity index (χ1v) is 7.53. The molecule has 0 aliphatic carbocycles. The molecule has 4 rings (SSSR count). The SMILES string of the molecule is Fc1cc(CNC2CCc3ncnn3C2)ccc1-n1cncn1. The highest BCUT2D eigenvalue weighted by Gasteiger charge is 2.19. The summed E-state index contributed by atoms with van der Waals surface area (Å²) in [6.07, 6.45) is 6.38. The highest BCUT2D eigenvalue weighted by molar-refractivity contribution is 5.35. The molecule has 1 atom stereocenters. The minimum atomic E-state index is -0.308. The Balaban J connectivity index is 1.41. The second-order valence-electron chi connectivity index (χ2n) is 5.60. The summed E-state index contributed by atoms with van der Waals surface area (Å²) < 4.78 is 17.5. The molecule has 0 amide bonds. The quantitative estimate of drug-likeness (QED) is 0.781. The van der Waals surface area contributed by atoms with Crippen LogP contribution < -0.4 is 5.32 Å². The van der Waals surface area contributed by atoms with E-state index in [0.29, 0.717) is 18.3 Å². The van der Waals surface area contributed by atoms with E-state index in [1.165, 1.54) is 23.4 Å². The summed E-state index contributed by atoms with van der Waals surface area (Å²) in [5, 5.41) is 11.6. The second kappa shape index (κ2) is 5.88. The third-order valence-electron chi connectivity index (χ3n) is 4.08. The van der Waals surface area contributed by atoms with E-state index in [-0.39, 0.29) is 5.82 Å². The smallest absolute Gasteiger partial charge is 0.149 e. The van der Waals surface area contributed by atoms with Gasteiger partial charge in [0.15, 0.2) is 0 Å². The maximum absolute atomic E-state index is 14.2. The highest BCUT2D eigenvalue weighted by Crippen LogP contribution is 2.15. The van der Waals surface area contributed by atoms with Crippen LogP contribution in [0.25, 0.3) is 5.69 Å². The summed E-state index contributed by atoms with van der Waals surface area (Å²) in [6, 6.07) is 5.48. The van der Waals surface area contributed by atoms with E-state index in [1.54, 1.807) is 12.4 Å². The van der Waals surface area contributed by atoms with Crippen LogP contribution in [0.5, 0.6) is 0 Å². The van der Waals surface area contributed by atoms with Crippen molar-refractivity contribution < 1.29 is 4.39 Å². The number of fused-ring (bicyclic) bond motifs is 1. The second-order valence-corrected chi connectivity index (χ2v) is 5.60. The lowest BCUT2D eigenvalue weighted by Gasteiger charge is -2.23. The zero-order valence-electron chi connectivity index (χ0n) is 12.4. The molecule has 1 aromatic carbocycles. The summed E-state index contributed by atoms with van der Waals surface area (Å²) in [4.78, 5) is 8.05. The molecule has 3 aromatic rings. The van der Waals surface area contributed by atoms with Crippen LogP contribution in [0.15, 0.2) is 37.2 Å². The molecule has 1 unspecified atom stereocenters. The molecule has 1 N–H and O–H groups in total. The van der Waals surface area contributed by atoms with Crippen LogP contribution in [-0.2, 0) is 19.5 Å². The van der Waals surface area contributed by atoms with Crippen molar-refractivity contribution in [1.82, 2.24) is 34.8 Å². The van der Waals surface area contributed by atoms with Gasteiger partial charge < -0.3 is 5.32 Å². The Kier molecular flexibility index (Phi) is 3.58. The number of rotatable bonds is 4. The number of halogens is 1. The molecule has 0 saturated heterocycles. The summed E-state index contributed by atoms with van der Waals surface area (Å²) in [5.74, 6) is 0.725. The van der Waals surface area contributed by atoms with Crippen molar-refractivity contribution in [3.8, 4) is 5.69 Å². The van der Waals surface area contributed by atoms with Gasteiger partial charge in [-0.05, 0) is 24.1 Å². The molecule has 8 heteroatoms. The van der Waals surface area contributed by atoms with E-state index in [9.17, 15) is 4.39 Å². The number of hydrogen-bond donors (Lipinski definition) is 1. The van der Waals surface area contributed by atoms with Crippen LogP contribution >= 0.6 is 0 Å². The van der Waals surface area contributed by atoms with Crippen molar-refractivity contribution in [2.45, 2.75) is 32.0 Å². The maximum atomic E-state index is 14.2. The predicted molar refractivity (Wildman–Crippen MR) is 80.3 cm³/mol. The van der Waals surface area contributed by atoms with Gasteiger partial charge in [0.05, 0.1) is 6.54 Å². The Bertz CT molecular complexity index is 796. The van der Waals surface area contributed by atoms with Gasteiger partial charge in [-0.2, -0.15) is 10.2 Å². The van der Waals surface area contributed by atoms with Crippen molar-refractivity contribution in [2.24, 2.45) is 0 Å². The van der Waals surface area contributed by atoms with Crippen LogP contribution in [0.4, 0.5) is 4.39 Å². The molecule has 0 spiro atoms. The van der Waals surface area contributed by atoms with E-state index in [1.807, 2.05) is 10.7 Å². The Morgan fingerprint density at radius 1 is 1.26 bits per heavy atom. The molecule has 0 radical (unpaired) electrons. The van der Waals surface area contributed by atoms with Gasteiger partial charge >= 0.3 is 0 Å². The largest absolute Gasteiger partial charge is 0.308 e. The fourth-order valence-corrected chi connectivity index (χ4v) is 2.85. The fraction of sp³-hybridized carbons (Fsp3) is 0.333. The number of benzene rings is 1. The zero-order chi connectivity index (χ0) is 15.6. The molecule has 0 fully saturated rings. The van der Waals surface area contributed by atoms with Crippen molar-refractivity contribution >= 4 is 0 Å². The first-order chi connectivity index (χ1) is 11.3. The summed E-state index contributed by atoms with van der Waals surface area (Å²) in [6.45, 7) is 1.41. The van der Waals surface area contributed by atoms with Crippen LogP contribution in [0.1, 0.15) is 17.8 Å². The predicted octanol–water partition coefficient (Wildman–Crippen LogP) is 1.10. The van der Waals surface area contributed by atoms with Crippen LogP contribution in [-0.4, -0.2) is 35.6 Å². The third-order valence-corrected chi connectivity index (χ3v) is 4.08. The summed E-state index contributed by atoms with van der Waals surface area (Å²) in [5.41, 5.74) is 1.30. The first-order valence-electron chi connectivity index (χ1n) is 7.53. The fourth-order valence-electron chi connectivity index (χ4n) is 2.85. The van der Waals surface area contributed by atoms with Gasteiger partial charge in [-0.1, -0.05) is 6.07 Å². The van der Waals surface area contributed by atoms with E-state index in [4.69, 9.17) is 0 Å². The van der Waals surface area contributed by atoms with Gasteiger partial charge in [-0.3, -0.25) is 0 Å². The number of nitrogens with one attached hydrogen (secondary N) is 1. The molecule has 1 aliphatic heterocycles. The molecule has 0 saturated carbocycles. The van der Waals surface area contributed by atoms with Crippen molar-refractivity contribution in [3.63, 3.8) is 0 Å². The van der Waals surface area contributed by atoms with Gasteiger partial charge in [-0.25, -0.2) is 23.7 Å². The topological polar surface area (TPSA) is 73.5 Å². The molecular weight excluding hydrogens is 297 g/mol. The van der Waals surface area contributed by atoms with Crippen molar-refractivity contribution in [3.05, 3.63) is 54.4 Å². The molecule has 1 aliphatic rings. The molecule has 3 heterocycles. The monoisotopic (exact) mass is 313 g/mol. The van der Waals surface area contributed by atoms with Gasteiger partial charge in [0.2, 0.25) is 0 Å². The average molecular weight is 313 g/mol. The first kappa shape index (κ1) is 14.0. The Hall–Kier alpha value is -2.61. The van der Waals surface area contributed by atoms with E-state index in [0.717, 1.165) is 30.8 Å². The van der Waals surface area contributed by atoms with Crippen molar-refractivity contribution in [1.29, 1.82) is 0 Å². The third kappa shape index (κ3) is 2.85. The standard InChI is InChI=1S/C15H16FN7/c16-13-5-11(1-3-14(13)23-10-17-8-20-23)6-18-12-2-4-15-19-9-21-22(15)7-12/h1,3,5,8-10,12,18H,2,4,6-7H2. The lowest BCUT2D eigenvalue weighted by atomic mass is 10.1. The van der Waals surface area contributed by atoms with E-state index in [2.05, 4.69) is 25.5 Å². The van der Waals surface area contributed by atoms with Gasteiger partial charge in [0.25, 0.3) is 0 Å². The molecule has 2 aromatic heterocycles. The zero-order valence-corrected chi connectivity index (χ0v) is 12.4. The Labute approximate surface area is 132 Å². The van der Waals surface area contributed by atoms with Gasteiger partial charge in [-0.15, -0.1) is 0 Å². The minimum absolute atomic E-state index is 0.308. The maximum Gasteiger partial charge on any atom is 0.149 e. The average Bonchev–Trinajstić information content (AvgIpc) is 3.24. The molecular formula is C15H16FN7. The number of hydrogen-bond acceptors (Lipinski definition) is 5. The highest BCUT2D eigenvalue weighted by atomic mass is 19.1. The van der Waals surface area contributed by atoms with E-state index < -0.39 is 0 Å². The normalized spacial score (nSPS) is 17.2. The summed E-state index contributed by atoms with van der Waals surface area (Å²) >= 11 is 0. The van der Waals surface area contributed by atoms with Crippen LogP contribution in [0.3, 0.4) is 0 Å². The number of aryl methyl sites for hydroxylation is 1. The van der Waals surface area contributed by atoms with Crippen molar-refractivity contribution in [2.75, 3.05) is 0 Å². The molecule has 0 bridgehead atoms. The van der Waals surface area contributed by atoms with Gasteiger partial charge in [0, 0.05) is 19.0 Å². The lowest BCUT2D eigenvalue weighted by molar-refractivity contribution is 0.358. The molecule has 23 heavy (non-hydrogen) atoms. The molecule has 7 nitrogen and oxygen atoms in total. The lowest BCUT2D eigenvalue weighted by Crippen LogP contribution is -2.37. The number of nitrogens with zero attached hydrogens (tertiary/aromatic N) is 6. The van der Waals surface area contributed by atoms with Crippen LogP contribution in [0, 0.1) is 5.82 Å². The number of aromatic nitrogens is 6. The Morgan fingerprint density at radius 2 is 2.22 bits per heavy atom.